The third-order valence-electron chi connectivity index (χ3n) is 19.7. The molecule has 0 N–H and O–H groups in total. The van der Waals surface area contributed by atoms with Gasteiger partial charge in [-0.05, 0) is 217 Å². The lowest BCUT2D eigenvalue weighted by molar-refractivity contribution is 0.188. The van der Waals surface area contributed by atoms with Crippen LogP contribution in [0.15, 0.2) is 72.8 Å². The zero-order chi connectivity index (χ0) is 49.1. The predicted molar refractivity (Wildman–Crippen MR) is 302 cm³/mol. The fourth-order valence-electron chi connectivity index (χ4n) is 14.5. The fraction of sp³-hybridized carbons (Fsp3) is 0.508. The number of hydrogen-bond acceptors (Lipinski definition) is 3. The van der Waals surface area contributed by atoms with Gasteiger partial charge in [-0.1, -0.05) is 129 Å². The minimum Gasteiger partial charge on any atom is -0.311 e. The van der Waals surface area contributed by atoms with Crippen LogP contribution in [0.3, 0.4) is 0 Å². The first kappa shape index (κ1) is 45.8. The Kier molecular flexibility index (Phi) is 9.31. The van der Waals surface area contributed by atoms with Gasteiger partial charge in [0.05, 0.1) is 5.69 Å². The first-order valence-corrected chi connectivity index (χ1v) is 27.7. The van der Waals surface area contributed by atoms with E-state index in [9.17, 15) is 0 Å². The lowest BCUT2D eigenvalue weighted by atomic mass is 9.35. The number of anilines is 6. The molecule has 1 aromatic heterocycles. The van der Waals surface area contributed by atoms with E-state index in [1.807, 2.05) is 0 Å². The molecule has 2 bridgehead atoms. The Hall–Kier alpha value is -4.28. The van der Waals surface area contributed by atoms with Crippen LogP contribution in [-0.2, 0) is 43.3 Å². The smallest absolute Gasteiger partial charge is 0.264 e. The van der Waals surface area contributed by atoms with Crippen molar-refractivity contribution < 1.29 is 0 Å². The van der Waals surface area contributed by atoms with Crippen molar-refractivity contribution in [2.45, 2.75) is 212 Å². The first-order valence-electron chi connectivity index (χ1n) is 26.9. The minimum atomic E-state index is -0.0184. The maximum absolute atomic E-state index is 2.78. The van der Waals surface area contributed by atoms with Gasteiger partial charge in [0.25, 0.3) is 6.71 Å². The van der Waals surface area contributed by atoms with Crippen LogP contribution >= 0.6 is 11.3 Å². The second-order valence-corrected chi connectivity index (χ2v) is 29.7. The highest BCUT2D eigenvalue weighted by atomic mass is 32.1. The summed E-state index contributed by atoms with van der Waals surface area (Å²) in [5.41, 5.74) is 25.3. The SMILES string of the molecule is Cc1cc2c3c(c1)N(c1ccc4c(c1)C(C)(C)CCC4(C)C)c1c(sc4cc5c(cc14)C1(C)CCC5(C)CC1)B3c1cc3c(cc1N2c1cc(C(C)(C)C)cc(C(C)(C)C)c1)C(C)(C)CCC3(C)C. The monoisotopic (exact) mass is 931 g/mol. The highest BCUT2D eigenvalue weighted by Gasteiger charge is 2.51. The normalized spacial score (nSPS) is 24.3. The largest absolute Gasteiger partial charge is 0.311 e. The Morgan fingerprint density at radius 2 is 0.957 bits per heavy atom. The summed E-state index contributed by atoms with van der Waals surface area (Å²) in [6, 6.07) is 31.3. The zero-order valence-electron chi connectivity index (χ0n) is 45.5. The molecule has 1 saturated carbocycles. The van der Waals surface area contributed by atoms with Gasteiger partial charge in [-0.3, -0.25) is 0 Å². The van der Waals surface area contributed by atoms with Gasteiger partial charge < -0.3 is 9.80 Å². The van der Waals surface area contributed by atoms with Gasteiger partial charge >= 0.3 is 0 Å². The Bertz CT molecular complexity index is 3170. The number of nitrogens with zero attached hydrogens (tertiary/aromatic N) is 2. The maximum Gasteiger partial charge on any atom is 0.264 e. The number of fused-ring (bicyclic) bond motifs is 10. The van der Waals surface area contributed by atoms with Crippen LogP contribution in [0.1, 0.15) is 212 Å². The van der Waals surface area contributed by atoms with Gasteiger partial charge in [-0.15, -0.1) is 11.3 Å². The number of benzene rings is 5. The van der Waals surface area contributed by atoms with E-state index in [1.165, 1.54) is 145 Å². The lowest BCUT2D eigenvalue weighted by Crippen LogP contribution is -2.61. The molecule has 0 atom stereocenters. The molecular weight excluding hydrogens is 852 g/mol. The maximum atomic E-state index is 2.78. The third kappa shape index (κ3) is 6.54. The second kappa shape index (κ2) is 14.0. The summed E-state index contributed by atoms with van der Waals surface area (Å²) >= 11 is 2.12. The molecule has 13 rings (SSSR count). The van der Waals surface area contributed by atoms with Crippen molar-refractivity contribution in [3.63, 3.8) is 0 Å². The van der Waals surface area contributed by atoms with Crippen LogP contribution in [0.2, 0.25) is 0 Å². The summed E-state index contributed by atoms with van der Waals surface area (Å²) in [5, 5.41) is 1.45. The van der Waals surface area contributed by atoms with E-state index in [0.717, 1.165) is 0 Å². The van der Waals surface area contributed by atoms with Crippen LogP contribution in [0, 0.1) is 6.92 Å². The minimum absolute atomic E-state index is 0.0184. The predicted octanol–water partition coefficient (Wildman–Crippen LogP) is 16.7. The molecule has 69 heavy (non-hydrogen) atoms. The molecule has 2 aliphatic heterocycles. The molecule has 7 aliphatic rings. The van der Waals surface area contributed by atoms with Gasteiger partial charge in [0, 0.05) is 43.3 Å². The van der Waals surface area contributed by atoms with Crippen molar-refractivity contribution in [3.8, 4) is 0 Å². The highest BCUT2D eigenvalue weighted by Crippen LogP contribution is 2.59. The highest BCUT2D eigenvalue weighted by molar-refractivity contribution is 7.33. The van der Waals surface area contributed by atoms with E-state index in [4.69, 9.17) is 0 Å². The Morgan fingerprint density at radius 3 is 1.51 bits per heavy atom. The average Bonchev–Trinajstić information content (AvgIpc) is 3.64. The van der Waals surface area contributed by atoms with Crippen molar-refractivity contribution in [1.82, 2.24) is 0 Å². The molecule has 2 nitrogen and oxygen atoms in total. The molecular formula is C65H79BN2S. The number of aryl methyl sites for hydroxylation is 1. The number of thiophene rings is 1. The lowest BCUT2D eigenvalue weighted by Gasteiger charge is -2.52. The summed E-state index contributed by atoms with van der Waals surface area (Å²) in [6.07, 6.45) is 9.96. The second-order valence-electron chi connectivity index (χ2n) is 28.6. The van der Waals surface area contributed by atoms with E-state index in [-0.39, 0.29) is 50.0 Å². The Morgan fingerprint density at radius 1 is 0.464 bits per heavy atom. The zero-order valence-corrected chi connectivity index (χ0v) is 46.3. The quantitative estimate of drug-likeness (QED) is 0.159. The van der Waals surface area contributed by atoms with Gasteiger partial charge in [0.1, 0.15) is 0 Å². The molecule has 5 aromatic carbocycles. The number of hydrogen-bond donors (Lipinski definition) is 0. The van der Waals surface area contributed by atoms with Gasteiger partial charge in [0.2, 0.25) is 0 Å². The Labute approximate surface area is 420 Å². The molecule has 0 amide bonds. The van der Waals surface area contributed by atoms with Crippen LogP contribution in [-0.4, -0.2) is 6.71 Å². The van der Waals surface area contributed by atoms with Crippen LogP contribution in [0.5, 0.6) is 0 Å². The van der Waals surface area contributed by atoms with Crippen molar-refractivity contribution >= 4 is 78.0 Å². The molecule has 358 valence electrons. The molecule has 0 spiro atoms. The average molecular weight is 931 g/mol. The van der Waals surface area contributed by atoms with Crippen molar-refractivity contribution in [1.29, 1.82) is 0 Å². The van der Waals surface area contributed by atoms with E-state index >= 15 is 0 Å². The topological polar surface area (TPSA) is 6.48 Å². The summed E-state index contributed by atoms with van der Waals surface area (Å²) in [7, 11) is 0. The molecule has 1 fully saturated rings. The summed E-state index contributed by atoms with van der Waals surface area (Å²) in [4.78, 5) is 5.53. The van der Waals surface area contributed by atoms with E-state index in [2.05, 4.69) is 212 Å². The van der Waals surface area contributed by atoms with Gasteiger partial charge in [-0.2, -0.15) is 0 Å². The van der Waals surface area contributed by atoms with Crippen LogP contribution in [0.25, 0.3) is 10.1 Å². The van der Waals surface area contributed by atoms with Crippen LogP contribution < -0.4 is 25.5 Å². The molecule has 0 unspecified atom stereocenters. The van der Waals surface area contributed by atoms with Crippen molar-refractivity contribution in [2.24, 2.45) is 0 Å². The number of rotatable bonds is 2. The first-order chi connectivity index (χ1) is 32.0. The molecule has 3 heterocycles. The summed E-state index contributed by atoms with van der Waals surface area (Å²) in [5.74, 6) is 0. The molecule has 0 radical (unpaired) electrons. The van der Waals surface area contributed by atoms with Crippen molar-refractivity contribution in [3.05, 3.63) is 123 Å². The standard InChI is InChI=1S/C65H79BN2S/c1-38-28-52-55-53(29-38)68(41-18-19-44-45(33-41)61(10,11)21-20-60(44,8)9)56-43-34-48-49(65(17)26-24-64(48,16)25-27-65)37-54(43)69-57(56)66(55)50-35-46-47(63(14,15)23-22-62(46,12)13)36-51(50)67(52)42-31-39(58(2,3)4)30-40(32-42)59(5,6)7/h18-19,28-37H,20-27H2,1-17H3. The van der Waals surface area contributed by atoms with E-state index < -0.39 is 0 Å². The van der Waals surface area contributed by atoms with Crippen molar-refractivity contribution in [2.75, 3.05) is 9.80 Å². The van der Waals surface area contributed by atoms with Crippen LogP contribution in [0.4, 0.5) is 34.1 Å². The third-order valence-corrected chi connectivity index (χ3v) is 20.9. The molecule has 6 aromatic rings. The van der Waals surface area contributed by atoms with E-state index in [0.29, 0.717) is 0 Å². The summed E-state index contributed by atoms with van der Waals surface area (Å²) in [6.45, 7) is 41.9. The summed E-state index contributed by atoms with van der Waals surface area (Å²) < 4.78 is 2.97. The molecule has 4 heteroatoms. The Balaban J connectivity index is 1.23. The van der Waals surface area contributed by atoms with Gasteiger partial charge in [-0.25, -0.2) is 0 Å². The van der Waals surface area contributed by atoms with E-state index in [1.54, 1.807) is 16.7 Å². The molecule has 0 saturated heterocycles. The van der Waals surface area contributed by atoms with Gasteiger partial charge in [0.15, 0.2) is 0 Å². The fourth-order valence-corrected chi connectivity index (χ4v) is 15.8. The molecule has 5 aliphatic carbocycles.